The van der Waals surface area contributed by atoms with Crippen LogP contribution >= 0.6 is 0 Å². The molecule has 0 aromatic heterocycles. The van der Waals surface area contributed by atoms with Gasteiger partial charge in [-0.1, -0.05) is 60.5 Å². The second kappa shape index (κ2) is 7.65. The monoisotopic (exact) mass is 382 g/mol. The molecule has 0 amide bonds. The number of carbonyl (C=O) groups is 2. The lowest BCUT2D eigenvalue weighted by Gasteiger charge is -2.31. The highest BCUT2D eigenvalue weighted by atomic mass is 16.6. The first-order valence-electron chi connectivity index (χ1n) is 9.20. The number of benzene rings is 3. The van der Waals surface area contributed by atoms with Crippen molar-refractivity contribution in [3.8, 4) is 28.7 Å². The van der Waals surface area contributed by atoms with Crippen molar-refractivity contribution in [2.45, 2.75) is 12.0 Å². The Bertz CT molecular complexity index is 1120. The van der Waals surface area contributed by atoms with Crippen LogP contribution in [0.15, 0.2) is 78.9 Å². The van der Waals surface area contributed by atoms with Crippen LogP contribution in [0.5, 0.6) is 5.75 Å². The fraction of sp³-hybridized carbons (Fsp3) is 0.120. The van der Waals surface area contributed by atoms with Gasteiger partial charge in [-0.25, -0.2) is 4.79 Å². The molecule has 0 spiro atoms. The lowest BCUT2D eigenvalue weighted by atomic mass is 9.90. The molecule has 142 valence electrons. The summed E-state index contributed by atoms with van der Waals surface area (Å²) in [7, 11) is 1.26. The number of carbonyl (C=O) groups excluding carboxylic acids is 2. The van der Waals surface area contributed by atoms with Crippen LogP contribution in [0.2, 0.25) is 0 Å². The molecule has 29 heavy (non-hydrogen) atoms. The Labute approximate surface area is 169 Å². The number of para-hydroxylation sites is 1. The van der Waals surface area contributed by atoms with Gasteiger partial charge in [0.1, 0.15) is 5.75 Å². The summed E-state index contributed by atoms with van der Waals surface area (Å²) in [6.45, 7) is 0. The zero-order valence-electron chi connectivity index (χ0n) is 15.8. The Balaban J connectivity index is 1.67. The molecule has 0 radical (unpaired) electrons. The van der Waals surface area contributed by atoms with Gasteiger partial charge in [-0.2, -0.15) is 0 Å². The Kier molecular flexibility index (Phi) is 4.88. The molecular formula is C25H18O4. The number of ketones is 1. The van der Waals surface area contributed by atoms with E-state index in [2.05, 4.69) is 11.8 Å². The van der Waals surface area contributed by atoms with Crippen molar-refractivity contribution in [3.63, 3.8) is 0 Å². The zero-order valence-corrected chi connectivity index (χ0v) is 15.8. The molecule has 0 aliphatic carbocycles. The maximum absolute atomic E-state index is 12.6. The van der Waals surface area contributed by atoms with E-state index in [-0.39, 0.29) is 12.2 Å². The highest BCUT2D eigenvalue weighted by Gasteiger charge is 2.47. The molecular weight excluding hydrogens is 364 g/mol. The Morgan fingerprint density at radius 3 is 2.31 bits per heavy atom. The third-order valence-electron chi connectivity index (χ3n) is 4.80. The van der Waals surface area contributed by atoms with Crippen molar-refractivity contribution in [3.05, 3.63) is 90.0 Å². The second-order valence-electron chi connectivity index (χ2n) is 6.71. The van der Waals surface area contributed by atoms with E-state index in [4.69, 9.17) is 9.47 Å². The van der Waals surface area contributed by atoms with Gasteiger partial charge in [0.2, 0.25) is 0 Å². The smallest absolute Gasteiger partial charge is 0.363 e. The molecule has 0 bridgehead atoms. The second-order valence-corrected chi connectivity index (χ2v) is 6.71. The molecule has 0 unspecified atom stereocenters. The summed E-state index contributed by atoms with van der Waals surface area (Å²) < 4.78 is 10.8. The number of methoxy groups -OCH3 is 1. The SMILES string of the molecule is COC(=O)[C@]1(C#Cc2ccc(-c3ccccc3)cc2)CC(=O)c2ccccc2O1. The standard InChI is InChI=1S/C25H18O4/c1-28-24(27)25(17-22(26)21-9-5-6-10-23(21)29-25)16-15-18-11-13-20(14-12-18)19-7-3-2-4-8-19/h2-14H,17H2,1H3/t25-/m0/s1. The van der Waals surface area contributed by atoms with Gasteiger partial charge in [0.25, 0.3) is 5.60 Å². The molecule has 0 saturated carbocycles. The lowest BCUT2D eigenvalue weighted by molar-refractivity contribution is -0.154. The molecule has 1 aliphatic rings. The molecule has 4 rings (SSSR count). The minimum Gasteiger partial charge on any atom is -0.465 e. The number of ether oxygens (including phenoxy) is 2. The summed E-state index contributed by atoms with van der Waals surface area (Å²) in [5, 5.41) is 0. The number of esters is 1. The molecule has 1 heterocycles. The van der Waals surface area contributed by atoms with Crippen molar-refractivity contribution in [2.75, 3.05) is 7.11 Å². The first kappa shape index (κ1) is 18.5. The molecule has 3 aromatic rings. The van der Waals surface area contributed by atoms with E-state index in [9.17, 15) is 9.59 Å². The topological polar surface area (TPSA) is 52.6 Å². The van der Waals surface area contributed by atoms with Crippen LogP contribution in [0.4, 0.5) is 0 Å². The number of rotatable bonds is 2. The van der Waals surface area contributed by atoms with E-state index >= 15 is 0 Å². The molecule has 0 fully saturated rings. The van der Waals surface area contributed by atoms with Gasteiger partial charge in [0.05, 0.1) is 19.1 Å². The third-order valence-corrected chi connectivity index (χ3v) is 4.80. The van der Waals surface area contributed by atoms with Crippen molar-refractivity contribution in [2.24, 2.45) is 0 Å². The van der Waals surface area contributed by atoms with Crippen molar-refractivity contribution < 1.29 is 19.1 Å². The highest BCUT2D eigenvalue weighted by Crippen LogP contribution is 2.33. The summed E-state index contributed by atoms with van der Waals surface area (Å²) in [5.41, 5.74) is 1.68. The third kappa shape index (κ3) is 3.63. The zero-order chi connectivity index (χ0) is 20.3. The molecule has 3 aromatic carbocycles. The van der Waals surface area contributed by atoms with Gasteiger partial charge in [-0.15, -0.1) is 0 Å². The predicted octanol–water partition coefficient (Wildman–Crippen LogP) is 4.28. The molecule has 4 heteroatoms. The van der Waals surface area contributed by atoms with Crippen LogP contribution in [0.25, 0.3) is 11.1 Å². The molecule has 1 aliphatic heterocycles. The number of hydrogen-bond acceptors (Lipinski definition) is 4. The van der Waals surface area contributed by atoms with E-state index < -0.39 is 11.6 Å². The number of fused-ring (bicyclic) bond motifs is 1. The van der Waals surface area contributed by atoms with E-state index in [1.54, 1.807) is 24.3 Å². The van der Waals surface area contributed by atoms with Gasteiger partial charge >= 0.3 is 5.97 Å². The highest BCUT2D eigenvalue weighted by molar-refractivity contribution is 6.05. The summed E-state index contributed by atoms with van der Waals surface area (Å²) in [4.78, 5) is 25.1. The molecule has 4 nitrogen and oxygen atoms in total. The van der Waals surface area contributed by atoms with Crippen LogP contribution in [-0.2, 0) is 9.53 Å². The van der Waals surface area contributed by atoms with Gasteiger partial charge < -0.3 is 9.47 Å². The average molecular weight is 382 g/mol. The largest absolute Gasteiger partial charge is 0.465 e. The first-order chi connectivity index (χ1) is 14.1. The first-order valence-corrected chi connectivity index (χ1v) is 9.20. The number of Topliss-reactive ketones (excluding diaryl/α,β-unsaturated/α-hetero) is 1. The van der Waals surface area contributed by atoms with Crippen LogP contribution in [-0.4, -0.2) is 24.5 Å². The van der Waals surface area contributed by atoms with E-state index in [1.165, 1.54) is 7.11 Å². The molecule has 0 N–H and O–H groups in total. The maximum Gasteiger partial charge on any atom is 0.363 e. The lowest BCUT2D eigenvalue weighted by Crippen LogP contribution is -2.48. The van der Waals surface area contributed by atoms with E-state index in [0.29, 0.717) is 16.9 Å². The van der Waals surface area contributed by atoms with Gasteiger partial charge in [-0.3, -0.25) is 4.79 Å². The quantitative estimate of drug-likeness (QED) is 0.490. The van der Waals surface area contributed by atoms with E-state index in [0.717, 1.165) is 11.1 Å². The summed E-state index contributed by atoms with van der Waals surface area (Å²) >= 11 is 0. The van der Waals surface area contributed by atoms with Crippen molar-refractivity contribution in [1.29, 1.82) is 0 Å². The number of hydrogen-bond donors (Lipinski definition) is 0. The molecule has 0 saturated heterocycles. The van der Waals surface area contributed by atoms with Crippen LogP contribution in [0.3, 0.4) is 0 Å². The van der Waals surface area contributed by atoms with Crippen LogP contribution < -0.4 is 4.74 Å². The Morgan fingerprint density at radius 2 is 1.59 bits per heavy atom. The molecule has 1 atom stereocenters. The Hall–Kier alpha value is -3.84. The average Bonchev–Trinajstić information content (AvgIpc) is 2.78. The summed E-state index contributed by atoms with van der Waals surface area (Å²) in [6.07, 6.45) is -0.189. The fourth-order valence-corrected chi connectivity index (χ4v) is 3.28. The van der Waals surface area contributed by atoms with Gasteiger partial charge in [-0.05, 0) is 41.3 Å². The van der Waals surface area contributed by atoms with Crippen molar-refractivity contribution >= 4 is 11.8 Å². The normalized spacial score (nSPS) is 17.3. The van der Waals surface area contributed by atoms with Gasteiger partial charge in [0.15, 0.2) is 5.78 Å². The summed E-state index contributed by atoms with van der Waals surface area (Å²) in [6, 6.07) is 24.5. The van der Waals surface area contributed by atoms with Crippen molar-refractivity contribution in [1.82, 2.24) is 0 Å². The maximum atomic E-state index is 12.6. The van der Waals surface area contributed by atoms with Gasteiger partial charge in [0, 0.05) is 5.56 Å². The van der Waals surface area contributed by atoms with Crippen LogP contribution in [0, 0.1) is 11.8 Å². The predicted molar refractivity (Wildman–Crippen MR) is 110 cm³/mol. The summed E-state index contributed by atoms with van der Waals surface area (Å²) in [5.74, 6) is 5.28. The fourth-order valence-electron chi connectivity index (χ4n) is 3.28. The minimum absolute atomic E-state index is 0.189. The van der Waals surface area contributed by atoms with Crippen LogP contribution in [0.1, 0.15) is 22.3 Å². The van der Waals surface area contributed by atoms with E-state index in [1.807, 2.05) is 54.6 Å². The minimum atomic E-state index is -1.65. The Morgan fingerprint density at radius 1 is 0.931 bits per heavy atom.